The van der Waals surface area contributed by atoms with Crippen LogP contribution in [0.25, 0.3) is 5.70 Å². The lowest BCUT2D eigenvalue weighted by Gasteiger charge is -2.26. The van der Waals surface area contributed by atoms with Crippen LogP contribution in [0.4, 0.5) is 23.2 Å². The van der Waals surface area contributed by atoms with Crippen LogP contribution in [-0.2, 0) is 11.3 Å². The number of rotatable bonds is 5. The van der Waals surface area contributed by atoms with Crippen molar-refractivity contribution in [1.82, 2.24) is 5.43 Å². The molecule has 9 heteroatoms. The Morgan fingerprint density at radius 2 is 1.86 bits per heavy atom. The van der Waals surface area contributed by atoms with Gasteiger partial charge in [-0.05, 0) is 61.0 Å². The van der Waals surface area contributed by atoms with Crippen LogP contribution in [0, 0.1) is 5.82 Å². The Kier molecular flexibility index (Phi) is 5.67. The standard InChI is InChI=1S/C19H18ClF4N3O/c1-18(25)9-17(27(26-18)16-4-2-14(20)3-5-16)13-6-12(7-15(21)8-13)10-28-11-19(22,23)24/h2-9,26H,10-11,25H2,1H3. The van der Waals surface area contributed by atoms with Crippen LogP contribution < -0.4 is 16.2 Å². The summed E-state index contributed by atoms with van der Waals surface area (Å²) in [5, 5.41) is 2.23. The summed E-state index contributed by atoms with van der Waals surface area (Å²) in [4.78, 5) is 0. The van der Waals surface area contributed by atoms with E-state index in [9.17, 15) is 17.6 Å². The van der Waals surface area contributed by atoms with Crippen molar-refractivity contribution in [3.05, 3.63) is 70.5 Å². The van der Waals surface area contributed by atoms with E-state index in [1.807, 2.05) is 0 Å². The average molecular weight is 416 g/mol. The van der Waals surface area contributed by atoms with Gasteiger partial charge in [0.25, 0.3) is 0 Å². The molecule has 1 atom stereocenters. The molecule has 0 spiro atoms. The number of halogens is 5. The highest BCUT2D eigenvalue weighted by molar-refractivity contribution is 6.30. The van der Waals surface area contributed by atoms with Crippen molar-refractivity contribution in [3.8, 4) is 0 Å². The Hall–Kier alpha value is -2.13. The summed E-state index contributed by atoms with van der Waals surface area (Å²) < 4.78 is 55.6. The molecular formula is C19H18ClF4N3O. The maximum absolute atomic E-state index is 14.1. The summed E-state index contributed by atoms with van der Waals surface area (Å²) in [5.41, 5.74) is 10.3. The first-order valence-electron chi connectivity index (χ1n) is 8.32. The molecule has 0 saturated carbocycles. The molecule has 4 nitrogen and oxygen atoms in total. The lowest BCUT2D eigenvalue weighted by molar-refractivity contribution is -0.176. The minimum atomic E-state index is -4.44. The zero-order valence-electron chi connectivity index (χ0n) is 14.9. The normalized spacial score (nSPS) is 19.8. The fourth-order valence-electron chi connectivity index (χ4n) is 2.85. The Morgan fingerprint density at radius 1 is 1.18 bits per heavy atom. The predicted octanol–water partition coefficient (Wildman–Crippen LogP) is 4.60. The number of hydrazine groups is 1. The van der Waals surface area contributed by atoms with Gasteiger partial charge in [-0.15, -0.1) is 0 Å². The summed E-state index contributed by atoms with van der Waals surface area (Å²) in [6.07, 6.45) is -2.74. The molecule has 0 fully saturated rings. The van der Waals surface area contributed by atoms with Gasteiger partial charge in [0, 0.05) is 10.6 Å². The average Bonchev–Trinajstić information content (AvgIpc) is 2.90. The van der Waals surface area contributed by atoms with Gasteiger partial charge in [-0.25, -0.2) is 9.82 Å². The minimum absolute atomic E-state index is 0.279. The van der Waals surface area contributed by atoms with Crippen LogP contribution in [0.15, 0.2) is 48.5 Å². The molecule has 28 heavy (non-hydrogen) atoms. The number of alkyl halides is 3. The molecule has 1 aliphatic heterocycles. The molecule has 0 aromatic heterocycles. The fourth-order valence-corrected chi connectivity index (χ4v) is 2.98. The first-order chi connectivity index (χ1) is 13.0. The second kappa shape index (κ2) is 7.71. The smallest absolute Gasteiger partial charge is 0.367 e. The predicted molar refractivity (Wildman–Crippen MR) is 99.7 cm³/mol. The molecular weight excluding hydrogens is 398 g/mol. The van der Waals surface area contributed by atoms with Gasteiger partial charge >= 0.3 is 6.18 Å². The zero-order valence-corrected chi connectivity index (χ0v) is 15.6. The number of benzene rings is 2. The van der Waals surface area contributed by atoms with E-state index in [4.69, 9.17) is 17.3 Å². The lowest BCUT2D eigenvalue weighted by atomic mass is 10.1. The van der Waals surface area contributed by atoms with Gasteiger partial charge in [-0.3, -0.25) is 5.01 Å². The van der Waals surface area contributed by atoms with Gasteiger partial charge in [0.15, 0.2) is 0 Å². The van der Waals surface area contributed by atoms with Gasteiger partial charge in [-0.2, -0.15) is 13.2 Å². The van der Waals surface area contributed by atoms with Crippen molar-refractivity contribution >= 4 is 23.0 Å². The quantitative estimate of drug-likeness (QED) is 0.701. The van der Waals surface area contributed by atoms with Crippen LogP contribution in [0.5, 0.6) is 0 Å². The molecule has 0 radical (unpaired) electrons. The molecule has 0 amide bonds. The van der Waals surface area contributed by atoms with Gasteiger partial charge in [0.1, 0.15) is 18.1 Å². The van der Waals surface area contributed by atoms with Crippen LogP contribution in [0.2, 0.25) is 5.02 Å². The molecule has 3 rings (SSSR count). The second-order valence-electron chi connectivity index (χ2n) is 6.69. The van der Waals surface area contributed by atoms with E-state index in [1.165, 1.54) is 6.07 Å². The maximum Gasteiger partial charge on any atom is 0.411 e. The molecule has 2 aromatic rings. The van der Waals surface area contributed by atoms with Crippen molar-refractivity contribution in [2.24, 2.45) is 5.73 Å². The Bertz CT molecular complexity index is 882. The Labute approximate surface area is 164 Å². The second-order valence-corrected chi connectivity index (χ2v) is 7.13. The fraction of sp³-hybridized carbons (Fsp3) is 0.263. The minimum Gasteiger partial charge on any atom is -0.367 e. The topological polar surface area (TPSA) is 50.5 Å². The third-order valence-corrected chi connectivity index (χ3v) is 4.15. The van der Waals surface area contributed by atoms with E-state index in [0.29, 0.717) is 22.0 Å². The van der Waals surface area contributed by atoms with Crippen LogP contribution in [0.3, 0.4) is 0 Å². The number of anilines is 1. The number of hydrogen-bond donors (Lipinski definition) is 2. The number of nitrogens with zero attached hydrogens (tertiary/aromatic N) is 1. The van der Waals surface area contributed by atoms with E-state index in [1.54, 1.807) is 48.3 Å². The highest BCUT2D eigenvalue weighted by atomic mass is 35.5. The third kappa shape index (κ3) is 5.23. The van der Waals surface area contributed by atoms with Crippen molar-refractivity contribution in [1.29, 1.82) is 0 Å². The zero-order chi connectivity index (χ0) is 20.5. The third-order valence-electron chi connectivity index (χ3n) is 3.90. The van der Waals surface area contributed by atoms with Crippen LogP contribution in [0.1, 0.15) is 18.1 Å². The SMILES string of the molecule is CC1(N)C=C(c2cc(F)cc(COCC(F)(F)F)c2)N(c2ccc(Cl)cc2)N1. The van der Waals surface area contributed by atoms with E-state index in [0.717, 1.165) is 6.07 Å². The van der Waals surface area contributed by atoms with E-state index in [-0.39, 0.29) is 12.2 Å². The van der Waals surface area contributed by atoms with Crippen LogP contribution >= 0.6 is 11.6 Å². The van der Waals surface area contributed by atoms with Gasteiger partial charge in [-0.1, -0.05) is 11.6 Å². The van der Waals surface area contributed by atoms with Crippen molar-refractivity contribution in [3.63, 3.8) is 0 Å². The molecule has 0 saturated heterocycles. The van der Waals surface area contributed by atoms with Gasteiger partial charge < -0.3 is 10.5 Å². The molecule has 150 valence electrons. The molecule has 1 unspecified atom stereocenters. The van der Waals surface area contributed by atoms with Gasteiger partial charge in [0.05, 0.1) is 18.0 Å². The van der Waals surface area contributed by atoms with Crippen molar-refractivity contribution in [2.75, 3.05) is 11.6 Å². The molecule has 0 aliphatic carbocycles. The van der Waals surface area contributed by atoms with Crippen molar-refractivity contribution in [2.45, 2.75) is 25.4 Å². The molecule has 1 aliphatic rings. The van der Waals surface area contributed by atoms with E-state index >= 15 is 0 Å². The van der Waals surface area contributed by atoms with E-state index in [2.05, 4.69) is 10.2 Å². The molecule has 2 aromatic carbocycles. The molecule has 3 N–H and O–H groups in total. The Morgan fingerprint density at radius 3 is 2.50 bits per heavy atom. The highest BCUT2D eigenvalue weighted by Gasteiger charge is 2.31. The summed E-state index contributed by atoms with van der Waals surface area (Å²) in [6, 6.07) is 10.9. The lowest BCUT2D eigenvalue weighted by Crippen LogP contribution is -2.51. The first kappa shape index (κ1) is 20.6. The van der Waals surface area contributed by atoms with Crippen molar-refractivity contribution < 1.29 is 22.3 Å². The number of hydrogen-bond acceptors (Lipinski definition) is 4. The first-order valence-corrected chi connectivity index (χ1v) is 8.70. The summed E-state index contributed by atoms with van der Waals surface area (Å²) in [6.45, 7) is -0.0394. The largest absolute Gasteiger partial charge is 0.411 e. The highest BCUT2D eigenvalue weighted by Crippen LogP contribution is 2.33. The monoisotopic (exact) mass is 415 g/mol. The van der Waals surface area contributed by atoms with Gasteiger partial charge in [0.2, 0.25) is 0 Å². The Balaban J connectivity index is 1.90. The maximum atomic E-state index is 14.1. The van der Waals surface area contributed by atoms with E-state index < -0.39 is 24.3 Å². The van der Waals surface area contributed by atoms with Crippen LogP contribution in [-0.4, -0.2) is 18.4 Å². The summed E-state index contributed by atoms with van der Waals surface area (Å²) in [5.74, 6) is -0.592. The number of nitrogens with one attached hydrogen (secondary N) is 1. The molecule has 0 bridgehead atoms. The number of ether oxygens (including phenoxy) is 1. The summed E-state index contributed by atoms with van der Waals surface area (Å²) in [7, 11) is 0. The molecule has 1 heterocycles. The number of nitrogens with two attached hydrogens (primary N) is 1. The summed E-state index contributed by atoms with van der Waals surface area (Å²) >= 11 is 5.93.